The quantitative estimate of drug-likeness (QED) is 0.507. The molecule has 10 heteroatoms. The van der Waals surface area contributed by atoms with E-state index in [1.54, 1.807) is 36.1 Å². The van der Waals surface area contributed by atoms with Crippen molar-refractivity contribution in [2.45, 2.75) is 12.6 Å². The summed E-state index contributed by atoms with van der Waals surface area (Å²) in [5.41, 5.74) is -0.787. The Labute approximate surface area is 167 Å². The summed E-state index contributed by atoms with van der Waals surface area (Å²) in [4.78, 5) is 20.7. The third kappa shape index (κ3) is 3.49. The number of hydrogen-bond acceptors (Lipinski definition) is 4. The molecule has 29 heavy (non-hydrogen) atoms. The van der Waals surface area contributed by atoms with Gasteiger partial charge in [-0.3, -0.25) is 4.68 Å². The normalized spacial score (nSPS) is 11.9. The van der Waals surface area contributed by atoms with E-state index in [2.05, 4.69) is 15.1 Å². The number of pyridine rings is 1. The van der Waals surface area contributed by atoms with Crippen molar-refractivity contribution in [2.75, 3.05) is 0 Å². The van der Waals surface area contributed by atoms with Crippen LogP contribution in [0.1, 0.15) is 17.1 Å². The Balaban J connectivity index is 2.04. The van der Waals surface area contributed by atoms with Gasteiger partial charge >= 0.3 is 11.9 Å². The highest BCUT2D eigenvalue weighted by molar-refractivity contribution is 6.32. The molecule has 0 aliphatic carbocycles. The summed E-state index contributed by atoms with van der Waals surface area (Å²) in [5, 5.41) is 4.57. The van der Waals surface area contributed by atoms with Crippen LogP contribution in [0.4, 0.5) is 13.2 Å². The predicted octanol–water partition coefficient (Wildman–Crippen LogP) is 3.78. The SMILES string of the molecule is Cn1nccc1Cc1nc(=O)n(-c2ccccc2Cl)c2nc(C(F)(F)F)ccc12. The van der Waals surface area contributed by atoms with Crippen LogP contribution in [0.25, 0.3) is 16.7 Å². The molecule has 4 rings (SSSR count). The molecular formula is C19H13ClF3N5O. The lowest BCUT2D eigenvalue weighted by Gasteiger charge is -2.15. The number of aromatic nitrogens is 5. The van der Waals surface area contributed by atoms with E-state index in [-0.39, 0.29) is 22.8 Å². The summed E-state index contributed by atoms with van der Waals surface area (Å²) >= 11 is 6.19. The lowest BCUT2D eigenvalue weighted by molar-refractivity contribution is -0.141. The highest BCUT2D eigenvalue weighted by atomic mass is 35.5. The lowest BCUT2D eigenvalue weighted by atomic mass is 10.1. The Morgan fingerprint density at radius 2 is 1.83 bits per heavy atom. The average molecular weight is 420 g/mol. The first-order valence-electron chi connectivity index (χ1n) is 8.47. The largest absolute Gasteiger partial charge is 0.433 e. The molecule has 0 bridgehead atoms. The zero-order valence-corrected chi connectivity index (χ0v) is 15.7. The van der Waals surface area contributed by atoms with Crippen LogP contribution in [-0.2, 0) is 19.6 Å². The molecule has 0 N–H and O–H groups in total. The van der Waals surface area contributed by atoms with E-state index in [9.17, 15) is 18.0 Å². The monoisotopic (exact) mass is 419 g/mol. The van der Waals surface area contributed by atoms with Crippen LogP contribution in [0.5, 0.6) is 0 Å². The molecule has 0 saturated carbocycles. The minimum Gasteiger partial charge on any atom is -0.272 e. The first kappa shape index (κ1) is 19.1. The van der Waals surface area contributed by atoms with Gasteiger partial charge in [0.15, 0.2) is 5.65 Å². The Hall–Kier alpha value is -3.20. The molecule has 0 amide bonds. The second-order valence-electron chi connectivity index (χ2n) is 6.32. The van der Waals surface area contributed by atoms with E-state index < -0.39 is 17.6 Å². The smallest absolute Gasteiger partial charge is 0.272 e. The van der Waals surface area contributed by atoms with Crippen LogP contribution in [0.3, 0.4) is 0 Å². The maximum atomic E-state index is 13.3. The number of halogens is 4. The molecule has 0 aliphatic rings. The number of alkyl halides is 3. The molecule has 3 aromatic heterocycles. The number of para-hydroxylation sites is 1. The molecule has 6 nitrogen and oxygen atoms in total. The first-order valence-corrected chi connectivity index (χ1v) is 8.85. The summed E-state index contributed by atoms with van der Waals surface area (Å²) in [5.74, 6) is 0. The Kier molecular flexibility index (Phi) is 4.62. The topological polar surface area (TPSA) is 65.6 Å². The van der Waals surface area contributed by atoms with E-state index in [1.165, 1.54) is 18.2 Å². The summed E-state index contributed by atoms with van der Waals surface area (Å²) in [6.45, 7) is 0. The molecular weight excluding hydrogens is 407 g/mol. The van der Waals surface area contributed by atoms with Crippen molar-refractivity contribution < 1.29 is 13.2 Å². The zero-order valence-electron chi connectivity index (χ0n) is 15.0. The van der Waals surface area contributed by atoms with Crippen molar-refractivity contribution in [1.82, 2.24) is 24.3 Å². The summed E-state index contributed by atoms with van der Waals surface area (Å²) in [7, 11) is 1.72. The number of fused-ring (bicyclic) bond motifs is 1. The molecule has 4 aromatic rings. The van der Waals surface area contributed by atoms with E-state index >= 15 is 0 Å². The molecule has 1 aromatic carbocycles. The van der Waals surface area contributed by atoms with Crippen molar-refractivity contribution in [2.24, 2.45) is 7.05 Å². The van der Waals surface area contributed by atoms with Gasteiger partial charge in [-0.15, -0.1) is 0 Å². The van der Waals surface area contributed by atoms with Gasteiger partial charge in [0.25, 0.3) is 0 Å². The molecule has 0 spiro atoms. The fourth-order valence-corrected chi connectivity index (χ4v) is 3.27. The molecule has 0 aliphatic heterocycles. The van der Waals surface area contributed by atoms with E-state index in [0.29, 0.717) is 11.1 Å². The van der Waals surface area contributed by atoms with Gasteiger partial charge in [-0.2, -0.15) is 23.3 Å². The van der Waals surface area contributed by atoms with Crippen molar-refractivity contribution in [1.29, 1.82) is 0 Å². The second-order valence-corrected chi connectivity index (χ2v) is 6.72. The van der Waals surface area contributed by atoms with Crippen LogP contribution in [0.2, 0.25) is 5.02 Å². The Bertz CT molecular complexity index is 1280. The molecule has 0 saturated heterocycles. The third-order valence-electron chi connectivity index (χ3n) is 4.47. The molecule has 0 unspecified atom stereocenters. The Morgan fingerprint density at radius 1 is 1.07 bits per heavy atom. The van der Waals surface area contributed by atoms with E-state index in [0.717, 1.165) is 16.3 Å². The van der Waals surface area contributed by atoms with Gasteiger partial charge in [0.1, 0.15) is 5.69 Å². The Morgan fingerprint density at radius 3 is 2.48 bits per heavy atom. The highest BCUT2D eigenvalue weighted by Gasteiger charge is 2.33. The molecule has 3 heterocycles. The second kappa shape index (κ2) is 7.00. The number of benzene rings is 1. The van der Waals surface area contributed by atoms with Gasteiger partial charge in [-0.25, -0.2) is 14.3 Å². The number of rotatable bonds is 3. The standard InChI is InChI=1S/C19H13ClF3N5O/c1-27-11(8-9-24-27)10-14-12-6-7-16(19(21,22)23)26-17(12)28(18(29)25-14)15-5-3-2-4-13(15)20/h2-9H,10H2,1H3. The van der Waals surface area contributed by atoms with E-state index in [1.807, 2.05) is 0 Å². The van der Waals surface area contributed by atoms with Gasteiger partial charge in [0, 0.05) is 30.7 Å². The van der Waals surface area contributed by atoms with Crippen molar-refractivity contribution in [3.8, 4) is 5.69 Å². The number of hydrogen-bond donors (Lipinski definition) is 0. The maximum absolute atomic E-state index is 13.3. The first-order chi connectivity index (χ1) is 13.8. The minimum atomic E-state index is -4.67. The molecule has 0 atom stereocenters. The van der Waals surface area contributed by atoms with Crippen LogP contribution < -0.4 is 5.69 Å². The number of aryl methyl sites for hydroxylation is 1. The maximum Gasteiger partial charge on any atom is 0.433 e. The van der Waals surface area contributed by atoms with Crippen LogP contribution in [0.15, 0.2) is 53.5 Å². The predicted molar refractivity (Wildman–Crippen MR) is 101 cm³/mol. The highest BCUT2D eigenvalue weighted by Crippen LogP contribution is 2.30. The summed E-state index contributed by atoms with van der Waals surface area (Å²) < 4.78 is 42.5. The average Bonchev–Trinajstić information content (AvgIpc) is 3.06. The van der Waals surface area contributed by atoms with Crippen LogP contribution in [0, 0.1) is 0 Å². The molecule has 0 radical (unpaired) electrons. The van der Waals surface area contributed by atoms with Crippen LogP contribution >= 0.6 is 11.6 Å². The third-order valence-corrected chi connectivity index (χ3v) is 4.79. The van der Waals surface area contributed by atoms with Crippen molar-refractivity contribution in [3.05, 3.63) is 81.3 Å². The molecule has 0 fully saturated rings. The lowest BCUT2D eigenvalue weighted by Crippen LogP contribution is -2.25. The van der Waals surface area contributed by atoms with Gasteiger partial charge in [0.05, 0.1) is 16.4 Å². The van der Waals surface area contributed by atoms with Crippen molar-refractivity contribution >= 4 is 22.6 Å². The fourth-order valence-electron chi connectivity index (χ4n) is 3.05. The van der Waals surface area contributed by atoms with Gasteiger partial charge < -0.3 is 0 Å². The zero-order chi connectivity index (χ0) is 20.8. The van der Waals surface area contributed by atoms with Gasteiger partial charge in [-0.05, 0) is 30.3 Å². The minimum absolute atomic E-state index is 0.162. The van der Waals surface area contributed by atoms with Crippen LogP contribution in [-0.4, -0.2) is 24.3 Å². The van der Waals surface area contributed by atoms with Crippen molar-refractivity contribution in [3.63, 3.8) is 0 Å². The van der Waals surface area contributed by atoms with Gasteiger partial charge in [-0.1, -0.05) is 23.7 Å². The van der Waals surface area contributed by atoms with Gasteiger partial charge in [0.2, 0.25) is 0 Å². The summed E-state index contributed by atoms with van der Waals surface area (Å²) in [6, 6.07) is 10.2. The number of nitrogens with zero attached hydrogens (tertiary/aromatic N) is 5. The van der Waals surface area contributed by atoms with E-state index in [4.69, 9.17) is 11.6 Å². The molecule has 148 valence electrons. The fraction of sp³-hybridized carbons (Fsp3) is 0.158. The summed E-state index contributed by atoms with van der Waals surface area (Å²) in [6.07, 6.45) is -2.87.